The van der Waals surface area contributed by atoms with Crippen LogP contribution in [0.1, 0.15) is 25.7 Å². The van der Waals surface area contributed by atoms with E-state index in [1.54, 1.807) is 4.90 Å². The van der Waals surface area contributed by atoms with Crippen LogP contribution in [-0.2, 0) is 4.79 Å². The van der Waals surface area contributed by atoms with Gasteiger partial charge in [-0.3, -0.25) is 9.69 Å². The molecule has 2 nitrogen and oxygen atoms in total. The highest BCUT2D eigenvalue weighted by atomic mass is 19.3. The second-order valence-corrected chi connectivity index (χ2v) is 4.41. The molecule has 0 unspecified atom stereocenters. The Balaban J connectivity index is 1.82. The van der Waals surface area contributed by atoms with E-state index in [1.165, 1.54) is 0 Å². The third-order valence-corrected chi connectivity index (χ3v) is 2.88. The molecule has 4 heteroatoms. The Labute approximate surface area is 82.3 Å². The monoisotopic (exact) mass is 203 g/mol. The molecular weight excluding hydrogens is 188 g/mol. The molecule has 1 saturated carbocycles. The average molecular weight is 203 g/mol. The molecule has 14 heavy (non-hydrogen) atoms. The minimum atomic E-state index is -2.58. The van der Waals surface area contributed by atoms with Crippen molar-refractivity contribution in [3.05, 3.63) is 0 Å². The second-order valence-electron chi connectivity index (χ2n) is 4.41. The Bertz CT molecular complexity index is 238. The summed E-state index contributed by atoms with van der Waals surface area (Å²) < 4.78 is 25.9. The van der Waals surface area contributed by atoms with Crippen molar-refractivity contribution in [1.82, 2.24) is 4.90 Å². The van der Waals surface area contributed by atoms with Gasteiger partial charge in [0, 0.05) is 12.3 Å². The van der Waals surface area contributed by atoms with E-state index >= 15 is 0 Å². The van der Waals surface area contributed by atoms with E-state index in [9.17, 15) is 13.6 Å². The van der Waals surface area contributed by atoms with Crippen LogP contribution in [0.2, 0.25) is 0 Å². The number of nitrogens with zero attached hydrogens (tertiary/aromatic N) is 1. The quantitative estimate of drug-likeness (QED) is 0.695. The maximum atomic E-state index is 13.0. The molecule has 0 radical (unpaired) electrons. The van der Waals surface area contributed by atoms with E-state index in [4.69, 9.17) is 0 Å². The summed E-state index contributed by atoms with van der Waals surface area (Å²) in [5.41, 5.74) is 0. The first kappa shape index (κ1) is 10.0. The van der Waals surface area contributed by atoms with Crippen LogP contribution in [0, 0.1) is 5.92 Å². The predicted octanol–water partition coefficient (Wildman–Crippen LogP) is 1.70. The zero-order valence-electron chi connectivity index (χ0n) is 8.14. The lowest BCUT2D eigenvalue weighted by Gasteiger charge is -2.31. The zero-order chi connectivity index (χ0) is 10.2. The topological polar surface area (TPSA) is 20.3 Å². The van der Waals surface area contributed by atoms with E-state index in [0.717, 1.165) is 12.8 Å². The van der Waals surface area contributed by atoms with Crippen molar-refractivity contribution >= 4 is 5.78 Å². The fraction of sp³-hybridized carbons (Fsp3) is 0.900. The van der Waals surface area contributed by atoms with Crippen molar-refractivity contribution < 1.29 is 13.6 Å². The highest BCUT2D eigenvalue weighted by Crippen LogP contribution is 2.31. The van der Waals surface area contributed by atoms with Gasteiger partial charge in [0.05, 0.1) is 13.1 Å². The van der Waals surface area contributed by atoms with E-state index < -0.39 is 5.92 Å². The lowest BCUT2D eigenvalue weighted by molar-refractivity contribution is -0.124. The van der Waals surface area contributed by atoms with Crippen molar-refractivity contribution in [3.63, 3.8) is 0 Å². The highest BCUT2D eigenvalue weighted by molar-refractivity contribution is 5.85. The second kappa shape index (κ2) is 3.57. The van der Waals surface area contributed by atoms with Crippen molar-refractivity contribution in [2.24, 2.45) is 5.92 Å². The molecule has 0 bridgehead atoms. The SMILES string of the molecule is O=C(CN1CCCC(F)(F)C1)C1CC1. The van der Waals surface area contributed by atoms with Crippen LogP contribution in [0.4, 0.5) is 8.78 Å². The number of Topliss-reactive ketones (excluding diaryl/α,β-unsaturated/α-hetero) is 1. The van der Waals surface area contributed by atoms with Gasteiger partial charge in [-0.25, -0.2) is 8.78 Å². The lowest BCUT2D eigenvalue weighted by atomic mass is 10.1. The Morgan fingerprint density at radius 3 is 2.71 bits per heavy atom. The molecule has 0 amide bonds. The first-order valence-electron chi connectivity index (χ1n) is 5.20. The number of likely N-dealkylation sites (tertiary alicyclic amines) is 1. The molecule has 0 aromatic carbocycles. The van der Waals surface area contributed by atoms with Gasteiger partial charge in [-0.15, -0.1) is 0 Å². The highest BCUT2D eigenvalue weighted by Gasteiger charge is 2.37. The summed E-state index contributed by atoms with van der Waals surface area (Å²) in [5, 5.41) is 0. The molecule has 0 atom stereocenters. The fourth-order valence-electron chi connectivity index (χ4n) is 1.94. The molecule has 1 saturated heterocycles. The van der Waals surface area contributed by atoms with Gasteiger partial charge in [0.1, 0.15) is 5.78 Å². The Morgan fingerprint density at radius 1 is 1.43 bits per heavy atom. The molecule has 0 aromatic heterocycles. The van der Waals surface area contributed by atoms with Crippen LogP contribution in [-0.4, -0.2) is 36.2 Å². The summed E-state index contributed by atoms with van der Waals surface area (Å²) in [4.78, 5) is 13.0. The van der Waals surface area contributed by atoms with Crippen LogP contribution < -0.4 is 0 Å². The summed E-state index contributed by atoms with van der Waals surface area (Å²) in [7, 11) is 0. The van der Waals surface area contributed by atoms with Gasteiger partial charge >= 0.3 is 0 Å². The van der Waals surface area contributed by atoms with E-state index in [1.807, 2.05) is 0 Å². The molecule has 0 N–H and O–H groups in total. The number of hydrogen-bond donors (Lipinski definition) is 0. The molecule has 0 aromatic rings. The van der Waals surface area contributed by atoms with Crippen LogP contribution >= 0.6 is 0 Å². The van der Waals surface area contributed by atoms with Gasteiger partial charge < -0.3 is 0 Å². The lowest BCUT2D eigenvalue weighted by Crippen LogP contribution is -2.44. The molecule has 1 aliphatic carbocycles. The maximum Gasteiger partial charge on any atom is 0.260 e. The van der Waals surface area contributed by atoms with Gasteiger partial charge in [0.2, 0.25) is 0 Å². The molecule has 1 aliphatic heterocycles. The van der Waals surface area contributed by atoms with Gasteiger partial charge in [0.25, 0.3) is 5.92 Å². The summed E-state index contributed by atoms with van der Waals surface area (Å²) >= 11 is 0. The number of rotatable bonds is 3. The number of hydrogen-bond acceptors (Lipinski definition) is 2. The van der Waals surface area contributed by atoms with Crippen molar-refractivity contribution in [2.75, 3.05) is 19.6 Å². The normalized spacial score (nSPS) is 27.6. The Kier molecular flexibility index (Phi) is 2.56. The third-order valence-electron chi connectivity index (χ3n) is 2.88. The first-order chi connectivity index (χ1) is 6.57. The minimum Gasteiger partial charge on any atom is -0.298 e. The van der Waals surface area contributed by atoms with Crippen LogP contribution in [0.15, 0.2) is 0 Å². The summed E-state index contributed by atoms with van der Waals surface area (Å²) in [6.07, 6.45) is 2.40. The molecule has 2 aliphatic rings. The number of ketones is 1. The largest absolute Gasteiger partial charge is 0.298 e. The van der Waals surface area contributed by atoms with Crippen LogP contribution in [0.25, 0.3) is 0 Å². The number of halogens is 2. The molecular formula is C10H15F2NO. The first-order valence-corrected chi connectivity index (χ1v) is 5.20. The standard InChI is InChI=1S/C10H15F2NO/c11-10(12)4-1-5-13(7-10)6-9(14)8-2-3-8/h8H,1-7H2. The van der Waals surface area contributed by atoms with Gasteiger partial charge in [-0.2, -0.15) is 0 Å². The van der Waals surface area contributed by atoms with E-state index in [2.05, 4.69) is 0 Å². The zero-order valence-corrected chi connectivity index (χ0v) is 8.14. The van der Waals surface area contributed by atoms with Crippen molar-refractivity contribution in [2.45, 2.75) is 31.6 Å². The molecule has 0 spiro atoms. The predicted molar refractivity (Wildman–Crippen MR) is 48.4 cm³/mol. The van der Waals surface area contributed by atoms with Crippen molar-refractivity contribution in [3.8, 4) is 0 Å². The van der Waals surface area contributed by atoms with Gasteiger partial charge in [-0.05, 0) is 25.8 Å². The number of alkyl halides is 2. The number of piperidine rings is 1. The van der Waals surface area contributed by atoms with Gasteiger partial charge in [0.15, 0.2) is 0 Å². The van der Waals surface area contributed by atoms with Gasteiger partial charge in [-0.1, -0.05) is 0 Å². The summed E-state index contributed by atoms with van der Waals surface area (Å²) in [6, 6.07) is 0. The minimum absolute atomic E-state index is 0.0267. The smallest absolute Gasteiger partial charge is 0.260 e. The fourth-order valence-corrected chi connectivity index (χ4v) is 1.94. The average Bonchev–Trinajstić information content (AvgIpc) is 2.83. The molecule has 2 fully saturated rings. The third kappa shape index (κ3) is 2.50. The number of carbonyl (C=O) groups excluding carboxylic acids is 1. The number of carbonyl (C=O) groups is 1. The van der Waals surface area contributed by atoms with E-state index in [0.29, 0.717) is 13.0 Å². The summed E-state index contributed by atoms with van der Waals surface area (Å²) in [5.74, 6) is -2.24. The molecule has 2 rings (SSSR count). The Morgan fingerprint density at radius 2 is 2.14 bits per heavy atom. The van der Waals surface area contributed by atoms with Crippen LogP contribution in [0.5, 0.6) is 0 Å². The van der Waals surface area contributed by atoms with Crippen molar-refractivity contribution in [1.29, 1.82) is 0 Å². The van der Waals surface area contributed by atoms with Crippen LogP contribution in [0.3, 0.4) is 0 Å². The van der Waals surface area contributed by atoms with E-state index in [-0.39, 0.29) is 31.2 Å². The molecule has 80 valence electrons. The maximum absolute atomic E-state index is 13.0. The Hall–Kier alpha value is -0.510. The summed E-state index contributed by atoms with van der Waals surface area (Å²) in [6.45, 7) is 0.653. The molecule has 1 heterocycles.